The van der Waals surface area contributed by atoms with E-state index in [2.05, 4.69) is 21.2 Å². The second-order valence-electron chi connectivity index (χ2n) is 5.14. The summed E-state index contributed by atoms with van der Waals surface area (Å²) in [5.41, 5.74) is 8.01. The summed E-state index contributed by atoms with van der Waals surface area (Å²) in [6.45, 7) is 1.78. The van der Waals surface area contributed by atoms with Crippen LogP contribution in [0.5, 0.6) is 0 Å². The molecule has 2 aromatic rings. The Morgan fingerprint density at radius 1 is 1.45 bits per heavy atom. The summed E-state index contributed by atoms with van der Waals surface area (Å²) in [5.74, 6) is 0.00974. The molecule has 0 bridgehead atoms. The summed E-state index contributed by atoms with van der Waals surface area (Å²) >= 11 is 0. The quantitative estimate of drug-likeness (QED) is 0.900. The van der Waals surface area contributed by atoms with Gasteiger partial charge in [-0.1, -0.05) is 0 Å². The molecule has 1 unspecified atom stereocenters. The van der Waals surface area contributed by atoms with E-state index in [-0.39, 0.29) is 0 Å². The minimum absolute atomic E-state index is 0.432. The Morgan fingerprint density at radius 2 is 2.30 bits per heavy atom. The summed E-state index contributed by atoms with van der Waals surface area (Å²) < 4.78 is 1.82. The predicted molar refractivity (Wildman–Crippen MR) is 75.5 cm³/mol. The van der Waals surface area contributed by atoms with Gasteiger partial charge in [0.1, 0.15) is 0 Å². The molecular weight excluding hydrogens is 254 g/mol. The van der Waals surface area contributed by atoms with Crippen LogP contribution in [0.15, 0.2) is 30.9 Å². The molecule has 6 heteroatoms. The lowest BCUT2D eigenvalue weighted by atomic mass is 10.0. The van der Waals surface area contributed by atoms with Crippen molar-refractivity contribution in [2.45, 2.75) is 12.3 Å². The van der Waals surface area contributed by atoms with Crippen molar-refractivity contribution in [1.82, 2.24) is 14.8 Å². The van der Waals surface area contributed by atoms with Gasteiger partial charge in [0, 0.05) is 44.6 Å². The lowest BCUT2D eigenvalue weighted by Gasteiger charge is -2.20. The van der Waals surface area contributed by atoms with Crippen molar-refractivity contribution in [2.75, 3.05) is 18.0 Å². The van der Waals surface area contributed by atoms with Gasteiger partial charge in [-0.15, -0.1) is 0 Å². The van der Waals surface area contributed by atoms with Crippen molar-refractivity contribution >= 4 is 11.6 Å². The van der Waals surface area contributed by atoms with Gasteiger partial charge >= 0.3 is 0 Å². The number of aromatic nitrogens is 3. The zero-order valence-electron chi connectivity index (χ0n) is 11.4. The minimum atomic E-state index is -0.432. The standard InChI is InChI=1S/C14H17N5O/c1-18-8-11(6-17-18)10-3-5-19(9-10)13-2-4-16-7-12(13)14(15)20/h2,4,6-8,10H,3,5,9H2,1H3,(H2,15,20). The van der Waals surface area contributed by atoms with Gasteiger partial charge < -0.3 is 10.6 Å². The van der Waals surface area contributed by atoms with Crippen LogP contribution in [0.2, 0.25) is 0 Å². The maximum Gasteiger partial charge on any atom is 0.252 e. The van der Waals surface area contributed by atoms with Crippen molar-refractivity contribution in [3.05, 3.63) is 42.0 Å². The molecule has 2 aromatic heterocycles. The second kappa shape index (κ2) is 4.96. The van der Waals surface area contributed by atoms with Crippen LogP contribution >= 0.6 is 0 Å². The topological polar surface area (TPSA) is 77.0 Å². The number of anilines is 1. The third-order valence-electron chi connectivity index (χ3n) is 3.79. The van der Waals surface area contributed by atoms with Gasteiger partial charge in [0.05, 0.1) is 17.4 Å². The Hall–Kier alpha value is -2.37. The molecule has 1 saturated heterocycles. The van der Waals surface area contributed by atoms with Gasteiger partial charge in [0.2, 0.25) is 0 Å². The third-order valence-corrected chi connectivity index (χ3v) is 3.79. The molecule has 1 aliphatic rings. The molecule has 1 aliphatic heterocycles. The molecule has 0 radical (unpaired) electrons. The van der Waals surface area contributed by atoms with Gasteiger partial charge in [-0.2, -0.15) is 5.10 Å². The van der Waals surface area contributed by atoms with E-state index in [1.54, 1.807) is 6.20 Å². The van der Waals surface area contributed by atoms with Crippen molar-refractivity contribution < 1.29 is 4.79 Å². The number of primary amides is 1. The Balaban J connectivity index is 1.82. The first-order valence-electron chi connectivity index (χ1n) is 6.62. The monoisotopic (exact) mass is 271 g/mol. The van der Waals surface area contributed by atoms with E-state index in [0.717, 1.165) is 25.2 Å². The summed E-state index contributed by atoms with van der Waals surface area (Å²) in [6, 6.07) is 1.85. The van der Waals surface area contributed by atoms with Crippen LogP contribution in [0, 0.1) is 0 Å². The predicted octanol–water partition coefficient (Wildman–Crippen LogP) is 0.908. The molecule has 3 heterocycles. The Kier molecular flexibility index (Phi) is 3.14. The van der Waals surface area contributed by atoms with E-state index in [1.807, 2.05) is 24.0 Å². The average Bonchev–Trinajstić information content (AvgIpc) is 3.07. The lowest BCUT2D eigenvalue weighted by Crippen LogP contribution is -2.24. The number of hydrogen-bond acceptors (Lipinski definition) is 4. The molecule has 20 heavy (non-hydrogen) atoms. The highest BCUT2D eigenvalue weighted by molar-refractivity contribution is 5.98. The van der Waals surface area contributed by atoms with E-state index in [9.17, 15) is 4.79 Å². The Bertz CT molecular complexity index is 636. The van der Waals surface area contributed by atoms with Gasteiger partial charge in [0.15, 0.2) is 0 Å². The fraction of sp³-hybridized carbons (Fsp3) is 0.357. The number of amides is 1. The summed E-state index contributed by atoms with van der Waals surface area (Å²) in [7, 11) is 1.92. The molecule has 1 fully saturated rings. The smallest absolute Gasteiger partial charge is 0.252 e. The summed E-state index contributed by atoms with van der Waals surface area (Å²) in [5, 5.41) is 4.22. The molecule has 0 aromatic carbocycles. The highest BCUT2D eigenvalue weighted by Gasteiger charge is 2.27. The SMILES string of the molecule is Cn1cc(C2CCN(c3ccncc3C(N)=O)C2)cn1. The van der Waals surface area contributed by atoms with Crippen LogP contribution in [0.1, 0.15) is 28.3 Å². The molecule has 3 rings (SSSR count). The first kappa shape index (κ1) is 12.7. The molecule has 1 atom stereocenters. The number of aryl methyl sites for hydroxylation is 1. The van der Waals surface area contributed by atoms with Crippen LogP contribution in [0.25, 0.3) is 0 Å². The molecule has 0 aliphatic carbocycles. The largest absolute Gasteiger partial charge is 0.370 e. The van der Waals surface area contributed by atoms with Crippen molar-refractivity contribution in [3.63, 3.8) is 0 Å². The van der Waals surface area contributed by atoms with Gasteiger partial charge in [-0.25, -0.2) is 0 Å². The van der Waals surface area contributed by atoms with Gasteiger partial charge in [-0.3, -0.25) is 14.5 Å². The molecule has 6 nitrogen and oxygen atoms in total. The zero-order valence-corrected chi connectivity index (χ0v) is 11.4. The maximum absolute atomic E-state index is 11.5. The second-order valence-corrected chi connectivity index (χ2v) is 5.14. The first-order chi connectivity index (χ1) is 9.65. The highest BCUT2D eigenvalue weighted by Crippen LogP contribution is 2.31. The van der Waals surface area contributed by atoms with Crippen LogP contribution in [-0.4, -0.2) is 33.8 Å². The fourth-order valence-corrected chi connectivity index (χ4v) is 2.75. The molecular formula is C14H17N5O. The number of hydrogen-bond donors (Lipinski definition) is 1. The Morgan fingerprint density at radius 3 is 3.00 bits per heavy atom. The highest BCUT2D eigenvalue weighted by atomic mass is 16.1. The fourth-order valence-electron chi connectivity index (χ4n) is 2.75. The van der Waals surface area contributed by atoms with E-state index >= 15 is 0 Å². The van der Waals surface area contributed by atoms with Crippen molar-refractivity contribution in [3.8, 4) is 0 Å². The summed E-state index contributed by atoms with van der Waals surface area (Å²) in [4.78, 5) is 17.6. The number of nitrogens with zero attached hydrogens (tertiary/aromatic N) is 4. The van der Waals surface area contributed by atoms with Crippen molar-refractivity contribution in [2.24, 2.45) is 12.8 Å². The molecule has 104 valence electrons. The molecule has 2 N–H and O–H groups in total. The van der Waals surface area contributed by atoms with E-state index in [0.29, 0.717) is 11.5 Å². The van der Waals surface area contributed by atoms with Crippen molar-refractivity contribution in [1.29, 1.82) is 0 Å². The number of nitrogens with two attached hydrogens (primary N) is 1. The van der Waals surface area contributed by atoms with E-state index < -0.39 is 5.91 Å². The zero-order chi connectivity index (χ0) is 14.1. The Labute approximate surface area is 117 Å². The average molecular weight is 271 g/mol. The number of pyridine rings is 1. The van der Waals surface area contributed by atoms with E-state index in [4.69, 9.17) is 5.73 Å². The van der Waals surface area contributed by atoms with Crippen LogP contribution in [0.3, 0.4) is 0 Å². The normalized spacial score (nSPS) is 18.4. The number of rotatable bonds is 3. The molecule has 0 spiro atoms. The van der Waals surface area contributed by atoms with Crippen LogP contribution in [0.4, 0.5) is 5.69 Å². The maximum atomic E-state index is 11.5. The lowest BCUT2D eigenvalue weighted by molar-refractivity contribution is 0.100. The first-order valence-corrected chi connectivity index (χ1v) is 6.62. The van der Waals surface area contributed by atoms with Gasteiger partial charge in [0.25, 0.3) is 5.91 Å². The number of carbonyl (C=O) groups excluding carboxylic acids is 1. The van der Waals surface area contributed by atoms with Gasteiger partial charge in [-0.05, 0) is 18.1 Å². The minimum Gasteiger partial charge on any atom is -0.370 e. The molecule has 1 amide bonds. The number of carbonyl (C=O) groups is 1. The summed E-state index contributed by atoms with van der Waals surface area (Å²) in [6.07, 6.45) is 8.24. The van der Waals surface area contributed by atoms with E-state index in [1.165, 1.54) is 11.8 Å². The van der Waals surface area contributed by atoms with Crippen LogP contribution in [-0.2, 0) is 7.05 Å². The van der Waals surface area contributed by atoms with Crippen LogP contribution < -0.4 is 10.6 Å². The third kappa shape index (κ3) is 2.24. The molecule has 0 saturated carbocycles.